The molecular formula is C34H28F2I2O6S2. The Morgan fingerprint density at radius 1 is 0.543 bits per heavy atom. The lowest BCUT2D eigenvalue weighted by atomic mass is 10.1. The highest BCUT2D eigenvalue weighted by Crippen LogP contribution is 2.40. The summed E-state index contributed by atoms with van der Waals surface area (Å²) in [5, 5.41) is -0.0458. The molecule has 0 amide bonds. The summed E-state index contributed by atoms with van der Waals surface area (Å²) in [7, 11) is -7.11. The van der Waals surface area contributed by atoms with Crippen molar-refractivity contribution < 1.29 is 34.5 Å². The Morgan fingerprint density at radius 2 is 0.870 bits per heavy atom. The molecule has 0 fully saturated rings. The second kappa shape index (κ2) is 13.4. The number of hydrogen-bond acceptors (Lipinski definition) is 6. The molecule has 0 atom stereocenters. The molecule has 0 aliphatic carbocycles. The van der Waals surface area contributed by atoms with Gasteiger partial charge < -0.3 is 8.83 Å². The van der Waals surface area contributed by atoms with E-state index in [1.54, 1.807) is 52.0 Å². The summed E-state index contributed by atoms with van der Waals surface area (Å²) in [4.78, 5) is 0.347. The van der Waals surface area contributed by atoms with Crippen molar-refractivity contribution in [3.63, 3.8) is 0 Å². The van der Waals surface area contributed by atoms with Gasteiger partial charge in [-0.15, -0.1) is 0 Å². The third-order valence-corrected chi connectivity index (χ3v) is 13.0. The molecule has 6 aromatic rings. The standard InChI is InChI=1S/2C17H14FIO3S/c2*1-10(2)23(20,21)17-14-9-13(19)7-8-15(14)22-16(17)11-3-5-12(18)6-4-11/h2*3-10H,1-2H3. The van der Waals surface area contributed by atoms with E-state index in [9.17, 15) is 25.6 Å². The molecule has 0 saturated carbocycles. The van der Waals surface area contributed by atoms with E-state index >= 15 is 0 Å². The summed E-state index contributed by atoms with van der Waals surface area (Å²) >= 11 is 4.26. The summed E-state index contributed by atoms with van der Waals surface area (Å²) < 4.78 is 91.2. The number of rotatable bonds is 6. The van der Waals surface area contributed by atoms with E-state index in [-0.39, 0.29) is 32.9 Å². The van der Waals surface area contributed by atoms with Gasteiger partial charge >= 0.3 is 0 Å². The van der Waals surface area contributed by atoms with Crippen molar-refractivity contribution in [2.24, 2.45) is 0 Å². The molecular weight excluding hydrogens is 860 g/mol. The Bertz CT molecular complexity index is 2110. The summed E-state index contributed by atoms with van der Waals surface area (Å²) in [5.74, 6) is -0.244. The fourth-order valence-electron chi connectivity index (χ4n) is 4.71. The molecule has 2 heterocycles. The van der Waals surface area contributed by atoms with Crippen LogP contribution >= 0.6 is 45.2 Å². The molecule has 0 N–H and O–H groups in total. The third kappa shape index (κ3) is 6.76. The van der Waals surface area contributed by atoms with Gasteiger partial charge in [-0.3, -0.25) is 0 Å². The average Bonchev–Trinajstić information content (AvgIpc) is 3.57. The molecule has 6 rings (SSSR count). The Kier molecular flexibility index (Phi) is 10.0. The van der Waals surface area contributed by atoms with E-state index in [0.29, 0.717) is 33.1 Å². The van der Waals surface area contributed by atoms with Gasteiger partial charge in [0.2, 0.25) is 0 Å². The van der Waals surface area contributed by atoms with Gasteiger partial charge in [0.15, 0.2) is 31.2 Å². The number of halogens is 4. The molecule has 0 aliphatic rings. The van der Waals surface area contributed by atoms with E-state index < -0.39 is 30.2 Å². The van der Waals surface area contributed by atoms with Crippen molar-refractivity contribution in [1.29, 1.82) is 0 Å². The molecule has 4 aromatic carbocycles. The van der Waals surface area contributed by atoms with Gasteiger partial charge in [-0.1, -0.05) is 0 Å². The molecule has 0 spiro atoms. The van der Waals surface area contributed by atoms with E-state index in [1.807, 2.05) is 12.1 Å². The highest BCUT2D eigenvalue weighted by Gasteiger charge is 2.31. The minimum atomic E-state index is -3.56. The first-order valence-electron chi connectivity index (χ1n) is 14.0. The summed E-state index contributed by atoms with van der Waals surface area (Å²) in [6.07, 6.45) is 0. The van der Waals surface area contributed by atoms with Crippen LogP contribution in [0.4, 0.5) is 8.78 Å². The molecule has 240 valence electrons. The van der Waals surface area contributed by atoms with E-state index in [1.165, 1.54) is 48.5 Å². The highest BCUT2D eigenvalue weighted by atomic mass is 127. The lowest BCUT2D eigenvalue weighted by Gasteiger charge is -2.08. The molecule has 0 saturated heterocycles. The zero-order valence-corrected chi connectivity index (χ0v) is 31.0. The van der Waals surface area contributed by atoms with Crippen LogP contribution in [0.5, 0.6) is 0 Å². The average molecular weight is 889 g/mol. The van der Waals surface area contributed by atoms with Crippen LogP contribution in [-0.2, 0) is 19.7 Å². The van der Waals surface area contributed by atoms with Crippen LogP contribution in [0.25, 0.3) is 44.6 Å². The lowest BCUT2D eigenvalue weighted by molar-refractivity contribution is 0.580. The molecule has 6 nitrogen and oxygen atoms in total. The van der Waals surface area contributed by atoms with Gasteiger partial charge in [0.25, 0.3) is 0 Å². The SMILES string of the molecule is CC(C)S(=O)(=O)c1c(-c2ccc(F)cc2)oc2ccc(I)cc12.CC(C)S(=O)(=O)c1c(-c2ccc(F)cc2)oc2ccc(I)cc12. The Morgan fingerprint density at radius 3 is 1.17 bits per heavy atom. The van der Waals surface area contributed by atoms with Gasteiger partial charge in [0.1, 0.15) is 32.6 Å². The van der Waals surface area contributed by atoms with Crippen molar-refractivity contribution in [3.8, 4) is 22.6 Å². The van der Waals surface area contributed by atoms with E-state index in [0.717, 1.165) is 7.14 Å². The second-order valence-electron chi connectivity index (χ2n) is 11.0. The molecule has 46 heavy (non-hydrogen) atoms. The van der Waals surface area contributed by atoms with Crippen molar-refractivity contribution in [3.05, 3.63) is 104 Å². The quantitative estimate of drug-likeness (QED) is 0.155. The Hall–Kier alpha value is -2.82. The fraction of sp³-hybridized carbons (Fsp3) is 0.176. The van der Waals surface area contributed by atoms with E-state index in [4.69, 9.17) is 8.83 Å². The van der Waals surface area contributed by atoms with Crippen LogP contribution in [0.1, 0.15) is 27.7 Å². The first-order chi connectivity index (χ1) is 21.6. The normalized spacial score (nSPS) is 12.2. The van der Waals surface area contributed by atoms with Crippen LogP contribution in [0, 0.1) is 18.8 Å². The first-order valence-corrected chi connectivity index (χ1v) is 19.3. The third-order valence-electron chi connectivity index (χ3n) is 7.23. The Balaban J connectivity index is 0.000000181. The van der Waals surface area contributed by atoms with Crippen LogP contribution in [0.3, 0.4) is 0 Å². The molecule has 2 aromatic heterocycles. The maximum absolute atomic E-state index is 13.2. The molecule has 0 unspecified atom stereocenters. The number of benzene rings is 4. The predicted octanol–water partition coefficient (Wildman–Crippen LogP) is 10.1. The van der Waals surface area contributed by atoms with Crippen molar-refractivity contribution >= 4 is 86.8 Å². The molecule has 0 bridgehead atoms. The Labute approximate surface area is 293 Å². The minimum absolute atomic E-state index is 0.174. The minimum Gasteiger partial charge on any atom is -0.455 e. The topological polar surface area (TPSA) is 94.6 Å². The zero-order chi connectivity index (χ0) is 33.6. The van der Waals surface area contributed by atoms with E-state index in [2.05, 4.69) is 45.2 Å². The zero-order valence-electron chi connectivity index (χ0n) is 25.0. The maximum atomic E-state index is 13.2. The number of sulfone groups is 2. The second-order valence-corrected chi connectivity index (χ2v) is 18.4. The van der Waals surface area contributed by atoms with Crippen LogP contribution in [-0.4, -0.2) is 27.3 Å². The van der Waals surface area contributed by atoms with Crippen LogP contribution in [0.2, 0.25) is 0 Å². The first kappa shape index (κ1) is 34.5. The van der Waals surface area contributed by atoms with Crippen molar-refractivity contribution in [1.82, 2.24) is 0 Å². The number of furan rings is 2. The van der Waals surface area contributed by atoms with Gasteiger partial charge in [-0.2, -0.15) is 0 Å². The highest BCUT2D eigenvalue weighted by molar-refractivity contribution is 14.1. The smallest absolute Gasteiger partial charge is 0.185 e. The predicted molar refractivity (Wildman–Crippen MR) is 193 cm³/mol. The van der Waals surface area contributed by atoms with Crippen molar-refractivity contribution in [2.45, 2.75) is 48.0 Å². The van der Waals surface area contributed by atoms with Gasteiger partial charge in [-0.05, 0) is 158 Å². The van der Waals surface area contributed by atoms with Crippen LogP contribution < -0.4 is 0 Å². The largest absolute Gasteiger partial charge is 0.455 e. The molecule has 12 heteroatoms. The fourth-order valence-corrected chi connectivity index (χ4v) is 8.41. The molecule has 0 aliphatic heterocycles. The number of fused-ring (bicyclic) bond motifs is 2. The lowest BCUT2D eigenvalue weighted by Crippen LogP contribution is -2.14. The molecule has 0 radical (unpaired) electrons. The number of hydrogen-bond donors (Lipinski definition) is 0. The van der Waals surface area contributed by atoms with Gasteiger partial charge in [-0.25, -0.2) is 25.6 Å². The summed E-state index contributed by atoms with van der Waals surface area (Å²) in [6.45, 7) is 6.54. The van der Waals surface area contributed by atoms with Gasteiger partial charge in [0, 0.05) is 29.0 Å². The summed E-state index contributed by atoms with van der Waals surface area (Å²) in [5.41, 5.74) is 2.08. The van der Waals surface area contributed by atoms with Gasteiger partial charge in [0.05, 0.1) is 10.5 Å². The van der Waals surface area contributed by atoms with Crippen LogP contribution in [0.15, 0.2) is 104 Å². The monoisotopic (exact) mass is 888 g/mol. The maximum Gasteiger partial charge on any atom is 0.185 e. The van der Waals surface area contributed by atoms with Crippen molar-refractivity contribution in [2.75, 3.05) is 0 Å². The summed E-state index contributed by atoms with van der Waals surface area (Å²) in [6, 6.07) is 22.1.